The van der Waals surface area contributed by atoms with Gasteiger partial charge in [0, 0.05) is 44.6 Å². The van der Waals surface area contributed by atoms with Gasteiger partial charge < -0.3 is 15.2 Å². The number of nitrogens with zero attached hydrogens (tertiary/aromatic N) is 2. The van der Waals surface area contributed by atoms with E-state index < -0.39 is 0 Å². The zero-order chi connectivity index (χ0) is 17.5. The average molecular weight is 340 g/mol. The number of hydrogen-bond donors (Lipinski definition) is 2. The van der Waals surface area contributed by atoms with Gasteiger partial charge >= 0.3 is 0 Å². The first-order valence-electron chi connectivity index (χ1n) is 8.72. The van der Waals surface area contributed by atoms with Crippen LogP contribution in [0, 0.1) is 0 Å². The first-order chi connectivity index (χ1) is 12.2. The zero-order valence-corrected chi connectivity index (χ0v) is 14.3. The van der Waals surface area contributed by atoms with Crippen LogP contribution in [-0.4, -0.2) is 55.1 Å². The molecule has 1 aromatic carbocycles. The van der Waals surface area contributed by atoms with E-state index in [0.717, 1.165) is 39.1 Å². The molecule has 1 fully saturated rings. The summed E-state index contributed by atoms with van der Waals surface area (Å²) in [5, 5.41) is 2.82. The third-order valence-corrected chi connectivity index (χ3v) is 4.49. The van der Waals surface area contributed by atoms with E-state index in [4.69, 9.17) is 0 Å². The first-order valence-corrected chi connectivity index (χ1v) is 8.72. The van der Waals surface area contributed by atoms with Gasteiger partial charge in [0.2, 0.25) is 0 Å². The summed E-state index contributed by atoms with van der Waals surface area (Å²) in [6.07, 6.45) is 2.40. The van der Waals surface area contributed by atoms with Gasteiger partial charge in [0.15, 0.2) is 0 Å². The summed E-state index contributed by atoms with van der Waals surface area (Å²) in [6.45, 7) is 5.63. The van der Waals surface area contributed by atoms with E-state index in [2.05, 4.69) is 44.4 Å². The number of pyridine rings is 1. The molecule has 0 saturated carbocycles. The minimum Gasteiger partial charge on any atom is -0.369 e. The molecule has 6 heteroatoms. The Hall–Kier alpha value is -2.60. The Labute approximate surface area is 147 Å². The number of aromatic nitrogens is 1. The SMILES string of the molecule is O=C(NCCCN1CCN(c2ccccc2)CC1)c1ccc[nH]c1=O. The second-order valence-corrected chi connectivity index (χ2v) is 6.19. The van der Waals surface area contributed by atoms with Crippen molar-refractivity contribution in [3.8, 4) is 0 Å². The lowest BCUT2D eigenvalue weighted by Gasteiger charge is -2.36. The third-order valence-electron chi connectivity index (χ3n) is 4.49. The van der Waals surface area contributed by atoms with E-state index >= 15 is 0 Å². The second kappa shape index (κ2) is 8.48. The van der Waals surface area contributed by atoms with Gasteiger partial charge in [0.1, 0.15) is 5.56 Å². The highest BCUT2D eigenvalue weighted by atomic mass is 16.2. The van der Waals surface area contributed by atoms with Gasteiger partial charge in [0.05, 0.1) is 0 Å². The smallest absolute Gasteiger partial charge is 0.260 e. The molecule has 6 nitrogen and oxygen atoms in total. The normalized spacial score (nSPS) is 15.1. The highest BCUT2D eigenvalue weighted by molar-refractivity contribution is 5.93. The fourth-order valence-electron chi connectivity index (χ4n) is 3.07. The fraction of sp³-hybridized carbons (Fsp3) is 0.368. The van der Waals surface area contributed by atoms with Crippen molar-refractivity contribution >= 4 is 11.6 Å². The molecule has 0 unspecified atom stereocenters. The highest BCUT2D eigenvalue weighted by Crippen LogP contribution is 2.15. The highest BCUT2D eigenvalue weighted by Gasteiger charge is 2.16. The maximum Gasteiger partial charge on any atom is 0.260 e. The molecule has 0 spiro atoms. The van der Waals surface area contributed by atoms with E-state index in [0.29, 0.717) is 6.54 Å². The molecule has 2 aromatic rings. The summed E-state index contributed by atoms with van der Waals surface area (Å²) in [7, 11) is 0. The van der Waals surface area contributed by atoms with Crippen LogP contribution in [-0.2, 0) is 0 Å². The van der Waals surface area contributed by atoms with E-state index in [1.807, 2.05) is 6.07 Å². The van der Waals surface area contributed by atoms with E-state index in [1.165, 1.54) is 18.0 Å². The quantitative estimate of drug-likeness (QED) is 0.778. The Morgan fingerprint density at radius 2 is 1.80 bits per heavy atom. The molecule has 0 atom stereocenters. The van der Waals surface area contributed by atoms with Gasteiger partial charge in [-0.1, -0.05) is 18.2 Å². The van der Waals surface area contributed by atoms with Gasteiger partial charge in [-0.25, -0.2) is 0 Å². The molecular formula is C19H24N4O2. The molecule has 1 aliphatic rings. The number of carbonyl (C=O) groups is 1. The van der Waals surface area contributed by atoms with E-state index in [-0.39, 0.29) is 17.0 Å². The number of benzene rings is 1. The number of rotatable bonds is 6. The standard InChI is InChI=1S/C19H24N4O2/c24-18-17(8-4-9-20-18)19(25)21-10-5-11-22-12-14-23(15-13-22)16-6-2-1-3-7-16/h1-4,6-9H,5,10-15H2,(H,20,24)(H,21,25). The lowest BCUT2D eigenvalue weighted by atomic mass is 10.2. The molecule has 1 aliphatic heterocycles. The van der Waals surface area contributed by atoms with Crippen LogP contribution in [0.25, 0.3) is 0 Å². The lowest BCUT2D eigenvalue weighted by molar-refractivity contribution is 0.0950. The molecule has 0 bridgehead atoms. The summed E-state index contributed by atoms with van der Waals surface area (Å²) in [4.78, 5) is 30.9. The van der Waals surface area contributed by atoms with Crippen LogP contribution in [0.15, 0.2) is 53.5 Å². The minimum atomic E-state index is -0.350. The summed E-state index contributed by atoms with van der Waals surface area (Å²) in [5.74, 6) is -0.309. The maximum atomic E-state index is 12.0. The topological polar surface area (TPSA) is 68.4 Å². The summed E-state index contributed by atoms with van der Waals surface area (Å²) >= 11 is 0. The van der Waals surface area contributed by atoms with Crippen LogP contribution < -0.4 is 15.8 Å². The van der Waals surface area contributed by atoms with Crippen molar-refractivity contribution in [2.24, 2.45) is 0 Å². The predicted octanol–water partition coefficient (Wildman–Crippen LogP) is 1.32. The van der Waals surface area contributed by atoms with Crippen molar-refractivity contribution in [3.63, 3.8) is 0 Å². The number of H-pyrrole nitrogens is 1. The molecular weight excluding hydrogens is 316 g/mol. The number of anilines is 1. The van der Waals surface area contributed by atoms with Crippen LogP contribution in [0.2, 0.25) is 0 Å². The number of amides is 1. The fourth-order valence-corrected chi connectivity index (χ4v) is 3.07. The molecule has 132 valence electrons. The Balaban J connectivity index is 1.36. The number of piperazine rings is 1. The van der Waals surface area contributed by atoms with Crippen molar-refractivity contribution in [3.05, 3.63) is 64.6 Å². The molecule has 1 saturated heterocycles. The van der Waals surface area contributed by atoms with Crippen molar-refractivity contribution in [2.45, 2.75) is 6.42 Å². The number of aromatic amines is 1. The average Bonchev–Trinajstić information content (AvgIpc) is 2.66. The van der Waals surface area contributed by atoms with Crippen molar-refractivity contribution in [1.29, 1.82) is 0 Å². The van der Waals surface area contributed by atoms with Gasteiger partial charge in [-0.05, 0) is 37.2 Å². The predicted molar refractivity (Wildman–Crippen MR) is 99.1 cm³/mol. The summed E-state index contributed by atoms with van der Waals surface area (Å²) < 4.78 is 0. The first kappa shape index (κ1) is 17.2. The van der Waals surface area contributed by atoms with Gasteiger partial charge in [-0.2, -0.15) is 0 Å². The molecule has 25 heavy (non-hydrogen) atoms. The molecule has 0 radical (unpaired) electrons. The second-order valence-electron chi connectivity index (χ2n) is 6.19. The van der Waals surface area contributed by atoms with Crippen molar-refractivity contribution in [2.75, 3.05) is 44.2 Å². The van der Waals surface area contributed by atoms with Crippen molar-refractivity contribution < 1.29 is 4.79 Å². The Morgan fingerprint density at radius 3 is 2.52 bits per heavy atom. The number of hydrogen-bond acceptors (Lipinski definition) is 4. The van der Waals surface area contributed by atoms with Crippen molar-refractivity contribution in [1.82, 2.24) is 15.2 Å². The molecule has 2 heterocycles. The summed E-state index contributed by atoms with van der Waals surface area (Å²) in [6, 6.07) is 13.7. The molecule has 3 rings (SSSR count). The Bertz CT molecular complexity index is 736. The largest absolute Gasteiger partial charge is 0.369 e. The lowest BCUT2D eigenvalue weighted by Crippen LogP contribution is -2.47. The third kappa shape index (κ3) is 4.70. The molecule has 1 aromatic heterocycles. The number of para-hydroxylation sites is 1. The molecule has 0 aliphatic carbocycles. The molecule has 2 N–H and O–H groups in total. The van der Waals surface area contributed by atoms with Gasteiger partial charge in [-0.15, -0.1) is 0 Å². The maximum absolute atomic E-state index is 12.0. The summed E-state index contributed by atoms with van der Waals surface area (Å²) in [5.41, 5.74) is 1.10. The number of carbonyl (C=O) groups excluding carboxylic acids is 1. The van der Waals surface area contributed by atoms with Crippen LogP contribution in [0.5, 0.6) is 0 Å². The van der Waals surface area contributed by atoms with Gasteiger partial charge in [-0.3, -0.25) is 14.5 Å². The minimum absolute atomic E-state index is 0.166. The zero-order valence-electron chi connectivity index (χ0n) is 14.3. The Morgan fingerprint density at radius 1 is 1.04 bits per heavy atom. The van der Waals surface area contributed by atoms with E-state index in [9.17, 15) is 9.59 Å². The van der Waals surface area contributed by atoms with Crippen LogP contribution in [0.4, 0.5) is 5.69 Å². The van der Waals surface area contributed by atoms with E-state index in [1.54, 1.807) is 6.07 Å². The van der Waals surface area contributed by atoms with Crippen LogP contribution in [0.3, 0.4) is 0 Å². The monoisotopic (exact) mass is 340 g/mol. The Kier molecular flexibility index (Phi) is 5.85. The number of nitrogens with one attached hydrogen (secondary N) is 2. The van der Waals surface area contributed by atoms with Crippen LogP contribution >= 0.6 is 0 Å². The van der Waals surface area contributed by atoms with Crippen LogP contribution in [0.1, 0.15) is 16.8 Å². The molecule has 1 amide bonds. The van der Waals surface area contributed by atoms with Gasteiger partial charge in [0.25, 0.3) is 11.5 Å².